The molecular formula is C17H15F3N2O3. The number of hydrogen-bond donors (Lipinski definition) is 0. The van der Waals surface area contributed by atoms with Crippen LogP contribution in [0.5, 0.6) is 5.75 Å². The Morgan fingerprint density at radius 1 is 1.16 bits per heavy atom. The van der Waals surface area contributed by atoms with Crippen LogP contribution in [-0.2, 0) is 19.1 Å². The molecule has 1 aliphatic heterocycles. The number of nitro groups is 1. The van der Waals surface area contributed by atoms with Crippen molar-refractivity contribution in [2.75, 3.05) is 18.6 Å². The first-order chi connectivity index (χ1) is 11.8. The Morgan fingerprint density at radius 3 is 2.56 bits per heavy atom. The van der Waals surface area contributed by atoms with Crippen LogP contribution < -0.4 is 9.64 Å². The van der Waals surface area contributed by atoms with Gasteiger partial charge in [0, 0.05) is 19.2 Å². The monoisotopic (exact) mass is 352 g/mol. The molecule has 1 aliphatic rings. The normalized spacial score (nSPS) is 14.2. The zero-order chi connectivity index (χ0) is 18.2. The van der Waals surface area contributed by atoms with Crippen LogP contribution in [0.4, 0.5) is 24.5 Å². The van der Waals surface area contributed by atoms with Crippen LogP contribution >= 0.6 is 0 Å². The molecule has 132 valence electrons. The number of rotatable bonds is 3. The van der Waals surface area contributed by atoms with Gasteiger partial charge >= 0.3 is 6.18 Å². The van der Waals surface area contributed by atoms with Crippen molar-refractivity contribution in [3.8, 4) is 5.75 Å². The smallest absolute Gasteiger partial charge is 0.416 e. The van der Waals surface area contributed by atoms with E-state index < -0.39 is 22.4 Å². The highest BCUT2D eigenvalue weighted by atomic mass is 19.4. The fourth-order valence-corrected chi connectivity index (χ4v) is 2.98. The molecule has 8 heteroatoms. The minimum atomic E-state index is -4.62. The highest BCUT2D eigenvalue weighted by Gasteiger charge is 2.34. The maximum atomic E-state index is 12.8. The predicted molar refractivity (Wildman–Crippen MR) is 85.8 cm³/mol. The summed E-state index contributed by atoms with van der Waals surface area (Å²) in [4.78, 5) is 12.2. The van der Waals surface area contributed by atoms with Crippen molar-refractivity contribution < 1.29 is 22.8 Å². The van der Waals surface area contributed by atoms with Gasteiger partial charge in [-0.3, -0.25) is 10.1 Å². The van der Waals surface area contributed by atoms with Gasteiger partial charge in [-0.25, -0.2) is 0 Å². The van der Waals surface area contributed by atoms with E-state index in [4.69, 9.17) is 4.74 Å². The van der Waals surface area contributed by atoms with Crippen molar-refractivity contribution in [1.29, 1.82) is 0 Å². The second-order valence-corrected chi connectivity index (χ2v) is 5.76. The molecule has 1 heterocycles. The summed E-state index contributed by atoms with van der Waals surface area (Å²) < 4.78 is 43.7. The van der Waals surface area contributed by atoms with Gasteiger partial charge in [-0.15, -0.1) is 0 Å². The quantitative estimate of drug-likeness (QED) is 0.614. The van der Waals surface area contributed by atoms with E-state index in [1.54, 1.807) is 12.0 Å². The molecule has 3 rings (SSSR count). The lowest BCUT2D eigenvalue weighted by Crippen LogP contribution is -2.31. The second kappa shape index (κ2) is 6.27. The fraction of sp³-hybridized carbons (Fsp3) is 0.294. The first kappa shape index (κ1) is 17.1. The minimum absolute atomic E-state index is 0.187. The van der Waals surface area contributed by atoms with Crippen LogP contribution in [0.15, 0.2) is 36.4 Å². The summed E-state index contributed by atoms with van der Waals surface area (Å²) in [5.41, 5.74) is 0.668. The third kappa shape index (κ3) is 3.38. The van der Waals surface area contributed by atoms with Crippen LogP contribution in [-0.4, -0.2) is 18.6 Å². The third-order valence-electron chi connectivity index (χ3n) is 4.27. The molecule has 0 unspecified atom stereocenters. The van der Waals surface area contributed by atoms with Crippen LogP contribution in [0.3, 0.4) is 0 Å². The zero-order valence-electron chi connectivity index (χ0n) is 13.3. The number of anilines is 1. The second-order valence-electron chi connectivity index (χ2n) is 5.76. The SMILES string of the molecule is COc1ccc2c(c1)CN(c1ccc(C(F)(F)F)cc1[N+](=O)[O-])CC2. The number of halogens is 3. The first-order valence-electron chi connectivity index (χ1n) is 7.56. The number of alkyl halides is 3. The van der Waals surface area contributed by atoms with Crippen molar-refractivity contribution in [1.82, 2.24) is 0 Å². The molecule has 0 aliphatic carbocycles. The number of hydrogen-bond acceptors (Lipinski definition) is 4. The number of benzene rings is 2. The van der Waals surface area contributed by atoms with E-state index in [1.165, 1.54) is 6.07 Å². The number of ether oxygens (including phenoxy) is 1. The van der Waals surface area contributed by atoms with E-state index in [0.29, 0.717) is 31.3 Å². The van der Waals surface area contributed by atoms with Gasteiger partial charge < -0.3 is 9.64 Å². The maximum Gasteiger partial charge on any atom is 0.416 e. The summed E-state index contributed by atoms with van der Waals surface area (Å²) in [6.07, 6.45) is -3.97. The largest absolute Gasteiger partial charge is 0.497 e. The van der Waals surface area contributed by atoms with E-state index in [1.807, 2.05) is 18.2 Å². The van der Waals surface area contributed by atoms with Crippen molar-refractivity contribution in [3.63, 3.8) is 0 Å². The average molecular weight is 352 g/mol. The minimum Gasteiger partial charge on any atom is -0.497 e. The summed E-state index contributed by atoms with van der Waals surface area (Å²) in [5.74, 6) is 0.669. The van der Waals surface area contributed by atoms with Gasteiger partial charge in [-0.1, -0.05) is 6.07 Å². The van der Waals surface area contributed by atoms with Gasteiger partial charge in [0.05, 0.1) is 17.6 Å². The lowest BCUT2D eigenvalue weighted by molar-refractivity contribution is -0.384. The molecule has 0 radical (unpaired) electrons. The highest BCUT2D eigenvalue weighted by molar-refractivity contribution is 5.65. The molecular weight excluding hydrogens is 337 g/mol. The average Bonchev–Trinajstić information content (AvgIpc) is 2.59. The Bertz CT molecular complexity index is 821. The number of nitro benzene ring substituents is 1. The van der Waals surface area contributed by atoms with Crippen LogP contribution in [0.1, 0.15) is 16.7 Å². The molecule has 2 aromatic carbocycles. The lowest BCUT2D eigenvalue weighted by Gasteiger charge is -2.30. The Kier molecular flexibility index (Phi) is 4.28. The van der Waals surface area contributed by atoms with Crippen molar-refractivity contribution in [3.05, 3.63) is 63.2 Å². The molecule has 5 nitrogen and oxygen atoms in total. The Labute approximate surface area is 141 Å². The Hall–Kier alpha value is -2.77. The van der Waals surface area contributed by atoms with Gasteiger partial charge in [-0.2, -0.15) is 13.2 Å². The van der Waals surface area contributed by atoms with Gasteiger partial charge in [0.2, 0.25) is 0 Å². The van der Waals surface area contributed by atoms with Crippen LogP contribution in [0, 0.1) is 10.1 Å². The zero-order valence-corrected chi connectivity index (χ0v) is 13.3. The van der Waals surface area contributed by atoms with Gasteiger partial charge in [0.1, 0.15) is 11.4 Å². The molecule has 0 amide bonds. The van der Waals surface area contributed by atoms with E-state index in [0.717, 1.165) is 17.2 Å². The summed E-state index contributed by atoms with van der Waals surface area (Å²) in [5, 5.41) is 11.3. The van der Waals surface area contributed by atoms with Gasteiger partial charge in [-0.05, 0) is 41.8 Å². The topological polar surface area (TPSA) is 55.6 Å². The fourth-order valence-electron chi connectivity index (χ4n) is 2.98. The maximum absolute atomic E-state index is 12.8. The molecule has 0 bridgehead atoms. The third-order valence-corrected chi connectivity index (χ3v) is 4.27. The Balaban J connectivity index is 1.98. The number of fused-ring (bicyclic) bond motifs is 1. The van der Waals surface area contributed by atoms with Crippen LogP contribution in [0.25, 0.3) is 0 Å². The van der Waals surface area contributed by atoms with Crippen molar-refractivity contribution in [2.45, 2.75) is 19.1 Å². The predicted octanol–water partition coefficient (Wildman–Crippen LogP) is 4.18. The molecule has 0 fully saturated rings. The summed E-state index contributed by atoms with van der Waals surface area (Å²) in [6.45, 7) is 0.865. The molecule has 0 saturated heterocycles. The molecule has 2 aromatic rings. The Morgan fingerprint density at radius 2 is 1.92 bits per heavy atom. The van der Waals surface area contributed by atoms with E-state index in [2.05, 4.69) is 0 Å². The highest BCUT2D eigenvalue weighted by Crippen LogP contribution is 2.38. The van der Waals surface area contributed by atoms with Gasteiger partial charge in [0.15, 0.2) is 0 Å². The molecule has 0 N–H and O–H groups in total. The van der Waals surface area contributed by atoms with Crippen molar-refractivity contribution >= 4 is 11.4 Å². The summed E-state index contributed by atoms with van der Waals surface area (Å²) in [6, 6.07) is 8.27. The van der Waals surface area contributed by atoms with E-state index in [9.17, 15) is 23.3 Å². The standard InChI is InChI=1S/C17H15F3N2O3/c1-25-14-4-2-11-6-7-21(10-12(11)8-14)15-5-3-13(17(18,19)20)9-16(15)22(23)24/h2-5,8-9H,6-7,10H2,1H3. The summed E-state index contributed by atoms with van der Waals surface area (Å²) in [7, 11) is 1.54. The summed E-state index contributed by atoms with van der Waals surface area (Å²) >= 11 is 0. The first-order valence-corrected chi connectivity index (χ1v) is 7.56. The molecule has 0 atom stereocenters. The number of methoxy groups -OCH3 is 1. The molecule has 0 aromatic heterocycles. The molecule has 0 spiro atoms. The van der Waals surface area contributed by atoms with E-state index in [-0.39, 0.29) is 5.69 Å². The van der Waals surface area contributed by atoms with E-state index >= 15 is 0 Å². The number of nitrogens with zero attached hydrogens (tertiary/aromatic N) is 2. The molecule has 0 saturated carbocycles. The molecule has 25 heavy (non-hydrogen) atoms. The van der Waals surface area contributed by atoms with Crippen LogP contribution in [0.2, 0.25) is 0 Å². The van der Waals surface area contributed by atoms with Gasteiger partial charge in [0.25, 0.3) is 5.69 Å². The lowest BCUT2D eigenvalue weighted by atomic mass is 9.98. The van der Waals surface area contributed by atoms with Crippen molar-refractivity contribution in [2.24, 2.45) is 0 Å².